The van der Waals surface area contributed by atoms with Crippen LogP contribution in [-0.2, 0) is 0 Å². The predicted molar refractivity (Wildman–Crippen MR) is 38.8 cm³/mol. The van der Waals surface area contributed by atoms with Gasteiger partial charge in [0.15, 0.2) is 0 Å². The second kappa shape index (κ2) is 4.94. The molecule has 0 aliphatic heterocycles. The van der Waals surface area contributed by atoms with Crippen molar-refractivity contribution in [2.75, 3.05) is 0 Å². The van der Waals surface area contributed by atoms with Gasteiger partial charge in [0.1, 0.15) is 0 Å². The largest absolute Gasteiger partial charge is 0.325 e. The molecule has 0 radical (unpaired) electrons. The summed E-state index contributed by atoms with van der Waals surface area (Å²) in [5, 5.41) is 0. The highest BCUT2D eigenvalue weighted by molar-refractivity contribution is 7.97. The second-order valence-corrected chi connectivity index (χ2v) is 1.94. The Balaban J connectivity index is 3.72. The van der Waals surface area contributed by atoms with Gasteiger partial charge in [-0.25, -0.2) is 0 Å². The van der Waals surface area contributed by atoms with E-state index < -0.39 is 0 Å². The van der Waals surface area contributed by atoms with E-state index in [1.807, 2.05) is 32.1 Å². The van der Waals surface area contributed by atoms with Crippen LogP contribution >= 0.6 is 12.0 Å². The number of allylic oxidation sites excluding steroid dienone is 3. The highest BCUT2D eigenvalue weighted by Gasteiger charge is 1.82. The van der Waals surface area contributed by atoms with Crippen molar-refractivity contribution < 1.29 is 4.55 Å². The van der Waals surface area contributed by atoms with Crippen LogP contribution in [0.4, 0.5) is 0 Å². The van der Waals surface area contributed by atoms with Crippen molar-refractivity contribution >= 4 is 12.0 Å². The third kappa shape index (κ3) is 2.88. The summed E-state index contributed by atoms with van der Waals surface area (Å²) in [6.07, 6.45) is 5.59. The topological polar surface area (TPSA) is 20.2 Å². The Kier molecular flexibility index (Phi) is 4.81. The molecule has 46 valence electrons. The fourth-order valence-electron chi connectivity index (χ4n) is 0.344. The van der Waals surface area contributed by atoms with Crippen molar-refractivity contribution in [3.63, 3.8) is 0 Å². The molecule has 0 saturated heterocycles. The van der Waals surface area contributed by atoms with Crippen molar-refractivity contribution in [1.29, 1.82) is 0 Å². The van der Waals surface area contributed by atoms with Crippen LogP contribution in [0.25, 0.3) is 0 Å². The number of rotatable bonds is 2. The van der Waals surface area contributed by atoms with Crippen molar-refractivity contribution in [2.45, 2.75) is 13.8 Å². The Bertz CT molecular complexity index is 102. The Morgan fingerprint density at radius 2 is 2.12 bits per heavy atom. The van der Waals surface area contributed by atoms with Gasteiger partial charge < -0.3 is 4.55 Å². The second-order valence-electron chi connectivity index (χ2n) is 1.28. The lowest BCUT2D eigenvalue weighted by Crippen LogP contribution is -1.63. The zero-order valence-electron chi connectivity index (χ0n) is 5.09. The minimum Gasteiger partial charge on any atom is -0.325 e. The Morgan fingerprint density at radius 1 is 1.50 bits per heavy atom. The van der Waals surface area contributed by atoms with Gasteiger partial charge in [-0.2, -0.15) is 0 Å². The van der Waals surface area contributed by atoms with E-state index in [0.717, 1.165) is 16.9 Å². The van der Waals surface area contributed by atoms with Crippen LogP contribution in [0.15, 0.2) is 23.1 Å². The van der Waals surface area contributed by atoms with E-state index in [0.29, 0.717) is 0 Å². The van der Waals surface area contributed by atoms with Crippen LogP contribution in [0.5, 0.6) is 0 Å². The quantitative estimate of drug-likeness (QED) is 0.458. The van der Waals surface area contributed by atoms with Crippen molar-refractivity contribution in [2.24, 2.45) is 0 Å². The standard InChI is InChI=1S/C6H10OS/c1-3-5-6(4-2)8-7/h3-5,7H,1-2H3/b5-3-,6-4+. The number of hydrogen-bond acceptors (Lipinski definition) is 2. The molecule has 0 aromatic heterocycles. The van der Waals surface area contributed by atoms with E-state index in [4.69, 9.17) is 4.55 Å². The fraction of sp³-hybridized carbons (Fsp3) is 0.333. The maximum Gasteiger partial charge on any atom is 0.0304 e. The molecule has 1 nitrogen and oxygen atoms in total. The summed E-state index contributed by atoms with van der Waals surface area (Å²) in [6.45, 7) is 3.80. The Labute approximate surface area is 54.3 Å². The SMILES string of the molecule is C/C=C\C(=C/C)SO. The first-order chi connectivity index (χ1) is 3.85. The normalized spacial score (nSPS) is 13.1. The van der Waals surface area contributed by atoms with Gasteiger partial charge in [0.2, 0.25) is 0 Å². The molecule has 0 atom stereocenters. The lowest BCUT2D eigenvalue weighted by atomic mass is 10.4. The summed E-state index contributed by atoms with van der Waals surface area (Å²) < 4.78 is 8.45. The lowest BCUT2D eigenvalue weighted by molar-refractivity contribution is 0.669. The highest BCUT2D eigenvalue weighted by Crippen LogP contribution is 2.10. The summed E-state index contributed by atoms with van der Waals surface area (Å²) in [7, 11) is 0. The third-order valence-electron chi connectivity index (χ3n) is 0.721. The van der Waals surface area contributed by atoms with Crippen LogP contribution in [-0.4, -0.2) is 4.55 Å². The molecule has 0 aliphatic rings. The maximum atomic E-state index is 8.45. The van der Waals surface area contributed by atoms with E-state index in [9.17, 15) is 0 Å². The van der Waals surface area contributed by atoms with Crippen molar-refractivity contribution in [3.05, 3.63) is 23.1 Å². The molecule has 0 aromatic rings. The van der Waals surface area contributed by atoms with E-state index in [-0.39, 0.29) is 0 Å². The molecular formula is C6H10OS. The molecule has 0 spiro atoms. The van der Waals surface area contributed by atoms with Gasteiger partial charge in [0.05, 0.1) is 0 Å². The summed E-state index contributed by atoms with van der Waals surface area (Å²) >= 11 is 0.769. The van der Waals surface area contributed by atoms with Crippen molar-refractivity contribution in [3.8, 4) is 0 Å². The van der Waals surface area contributed by atoms with Gasteiger partial charge in [0.25, 0.3) is 0 Å². The summed E-state index contributed by atoms with van der Waals surface area (Å²) in [5.41, 5.74) is 0. The van der Waals surface area contributed by atoms with Crippen LogP contribution < -0.4 is 0 Å². The Hall–Kier alpha value is -0.210. The fourth-order valence-corrected chi connectivity index (χ4v) is 0.646. The minimum atomic E-state index is 0.769. The van der Waals surface area contributed by atoms with E-state index in [1.54, 1.807) is 0 Å². The third-order valence-corrected chi connectivity index (χ3v) is 1.30. The van der Waals surface area contributed by atoms with E-state index >= 15 is 0 Å². The van der Waals surface area contributed by atoms with E-state index in [2.05, 4.69) is 0 Å². The lowest BCUT2D eigenvalue weighted by Gasteiger charge is -1.87. The zero-order chi connectivity index (χ0) is 6.41. The summed E-state index contributed by atoms with van der Waals surface area (Å²) in [4.78, 5) is 0.882. The molecule has 0 unspecified atom stereocenters. The smallest absolute Gasteiger partial charge is 0.0304 e. The van der Waals surface area contributed by atoms with E-state index in [1.165, 1.54) is 0 Å². The van der Waals surface area contributed by atoms with Crippen molar-refractivity contribution in [1.82, 2.24) is 0 Å². The van der Waals surface area contributed by atoms with Gasteiger partial charge in [-0.15, -0.1) is 0 Å². The molecule has 0 bridgehead atoms. The summed E-state index contributed by atoms with van der Waals surface area (Å²) in [5.74, 6) is 0. The average molecular weight is 130 g/mol. The predicted octanol–water partition coefficient (Wildman–Crippen LogP) is 2.67. The molecule has 0 saturated carbocycles. The minimum absolute atomic E-state index is 0.769. The van der Waals surface area contributed by atoms with Crippen LogP contribution in [0.2, 0.25) is 0 Å². The molecule has 0 heterocycles. The molecule has 1 N–H and O–H groups in total. The molecular weight excluding hydrogens is 120 g/mol. The first-order valence-corrected chi connectivity index (χ1v) is 3.23. The summed E-state index contributed by atoms with van der Waals surface area (Å²) in [6, 6.07) is 0. The van der Waals surface area contributed by atoms with Crippen LogP contribution in [0, 0.1) is 0 Å². The molecule has 0 fully saturated rings. The molecule has 2 heteroatoms. The monoisotopic (exact) mass is 130 g/mol. The van der Waals surface area contributed by atoms with Crippen LogP contribution in [0.3, 0.4) is 0 Å². The van der Waals surface area contributed by atoms with Gasteiger partial charge in [0, 0.05) is 16.9 Å². The molecule has 8 heavy (non-hydrogen) atoms. The highest BCUT2D eigenvalue weighted by atomic mass is 32.2. The van der Waals surface area contributed by atoms with Gasteiger partial charge in [-0.3, -0.25) is 0 Å². The molecule has 0 amide bonds. The van der Waals surface area contributed by atoms with Gasteiger partial charge in [-0.1, -0.05) is 18.2 Å². The molecule has 0 aliphatic carbocycles. The first-order valence-electron chi connectivity index (χ1n) is 2.45. The average Bonchev–Trinajstić information content (AvgIpc) is 1.83. The number of hydrogen-bond donors (Lipinski definition) is 1. The molecule has 0 rings (SSSR count). The maximum absolute atomic E-state index is 8.45. The zero-order valence-corrected chi connectivity index (χ0v) is 5.90. The first kappa shape index (κ1) is 7.79. The molecule has 0 aromatic carbocycles. The van der Waals surface area contributed by atoms with Gasteiger partial charge in [-0.05, 0) is 13.8 Å². The Morgan fingerprint density at radius 3 is 2.25 bits per heavy atom. The van der Waals surface area contributed by atoms with Crippen LogP contribution in [0.1, 0.15) is 13.8 Å². The van der Waals surface area contributed by atoms with Gasteiger partial charge >= 0.3 is 0 Å².